The molecule has 0 spiro atoms. The molecule has 0 aliphatic carbocycles. The summed E-state index contributed by atoms with van der Waals surface area (Å²) in [6.07, 6.45) is -6.51. The summed E-state index contributed by atoms with van der Waals surface area (Å²) in [4.78, 5) is 0. The van der Waals surface area contributed by atoms with Crippen LogP contribution in [0.4, 0.5) is 22.0 Å². The highest BCUT2D eigenvalue weighted by atomic mass is 19.4. The maximum atomic E-state index is 12.8. The first-order valence-corrected chi connectivity index (χ1v) is 5.35. The second kappa shape index (κ2) is 5.32. The number of aliphatic hydroxyl groups excluding tert-OH is 1. The standard InChI is InChI=1S/C12H13F5O2/c1-11(2,12(15,16)17)9(18)7-4-3-5-8(6-7)19-10(13)14/h3-6,9-10,18H,1-2H3/t9-/m1/s1. The Morgan fingerprint density at radius 1 is 1.16 bits per heavy atom. The van der Waals surface area contributed by atoms with Crippen LogP contribution in [0.5, 0.6) is 5.75 Å². The largest absolute Gasteiger partial charge is 0.435 e. The van der Waals surface area contributed by atoms with Gasteiger partial charge in [-0.15, -0.1) is 0 Å². The van der Waals surface area contributed by atoms with Gasteiger partial charge in [0.05, 0.1) is 11.5 Å². The van der Waals surface area contributed by atoms with Crippen molar-refractivity contribution < 1.29 is 31.8 Å². The summed E-state index contributed by atoms with van der Waals surface area (Å²) < 4.78 is 66.4. The molecule has 0 amide bonds. The lowest BCUT2D eigenvalue weighted by Gasteiger charge is -2.33. The van der Waals surface area contributed by atoms with Gasteiger partial charge in [0.1, 0.15) is 5.75 Å². The average Bonchev–Trinajstić information content (AvgIpc) is 2.25. The van der Waals surface area contributed by atoms with Crippen LogP contribution in [0.2, 0.25) is 0 Å². The summed E-state index contributed by atoms with van der Waals surface area (Å²) in [5.74, 6) is -0.301. The minimum Gasteiger partial charge on any atom is -0.435 e. The highest BCUT2D eigenvalue weighted by Crippen LogP contribution is 2.47. The molecule has 19 heavy (non-hydrogen) atoms. The Balaban J connectivity index is 3.03. The van der Waals surface area contributed by atoms with Crippen molar-refractivity contribution in [1.82, 2.24) is 0 Å². The zero-order chi connectivity index (χ0) is 14.8. The number of benzene rings is 1. The molecule has 2 nitrogen and oxygen atoms in total. The summed E-state index contributed by atoms with van der Waals surface area (Å²) >= 11 is 0. The van der Waals surface area contributed by atoms with E-state index in [1.807, 2.05) is 0 Å². The van der Waals surface area contributed by atoms with Crippen LogP contribution in [-0.2, 0) is 0 Å². The highest BCUT2D eigenvalue weighted by molar-refractivity contribution is 5.31. The number of hydrogen-bond donors (Lipinski definition) is 1. The van der Waals surface area contributed by atoms with E-state index in [1.165, 1.54) is 18.2 Å². The molecule has 0 aliphatic heterocycles. The van der Waals surface area contributed by atoms with Gasteiger partial charge in [0.2, 0.25) is 0 Å². The fourth-order valence-corrected chi connectivity index (χ4v) is 1.43. The second-order valence-corrected chi connectivity index (χ2v) is 4.57. The summed E-state index contributed by atoms with van der Waals surface area (Å²) in [5.41, 5.74) is -2.54. The topological polar surface area (TPSA) is 29.5 Å². The van der Waals surface area contributed by atoms with Crippen LogP contribution in [0.25, 0.3) is 0 Å². The van der Waals surface area contributed by atoms with Crippen molar-refractivity contribution in [2.24, 2.45) is 5.41 Å². The van der Waals surface area contributed by atoms with Crippen LogP contribution in [-0.4, -0.2) is 17.9 Å². The third-order valence-corrected chi connectivity index (χ3v) is 2.81. The van der Waals surface area contributed by atoms with Crippen molar-refractivity contribution in [1.29, 1.82) is 0 Å². The molecular weight excluding hydrogens is 271 g/mol. The fourth-order valence-electron chi connectivity index (χ4n) is 1.43. The first-order chi connectivity index (χ1) is 8.55. The van der Waals surface area contributed by atoms with E-state index in [-0.39, 0.29) is 11.3 Å². The molecule has 0 aromatic heterocycles. The first-order valence-electron chi connectivity index (χ1n) is 5.35. The third kappa shape index (κ3) is 3.56. The zero-order valence-electron chi connectivity index (χ0n) is 10.2. The zero-order valence-corrected chi connectivity index (χ0v) is 10.2. The molecule has 1 aromatic rings. The van der Waals surface area contributed by atoms with Crippen LogP contribution < -0.4 is 4.74 Å². The van der Waals surface area contributed by atoms with Crippen LogP contribution in [0.1, 0.15) is 25.5 Å². The quantitative estimate of drug-likeness (QED) is 0.849. The minimum absolute atomic E-state index is 0.138. The van der Waals surface area contributed by atoms with Gasteiger partial charge in [-0.05, 0) is 31.5 Å². The predicted octanol–water partition coefficient (Wildman–Crippen LogP) is 3.91. The van der Waals surface area contributed by atoms with E-state index in [0.717, 1.165) is 19.9 Å². The Morgan fingerprint density at radius 2 is 1.74 bits per heavy atom. The SMILES string of the molecule is CC(C)([C@H](O)c1cccc(OC(F)F)c1)C(F)(F)F. The van der Waals surface area contributed by atoms with Gasteiger partial charge in [-0.2, -0.15) is 22.0 Å². The van der Waals surface area contributed by atoms with Gasteiger partial charge < -0.3 is 9.84 Å². The number of hydrogen-bond acceptors (Lipinski definition) is 2. The molecule has 1 rings (SSSR count). The van der Waals surface area contributed by atoms with Crippen LogP contribution >= 0.6 is 0 Å². The second-order valence-electron chi connectivity index (χ2n) is 4.57. The highest BCUT2D eigenvalue weighted by Gasteiger charge is 2.52. The maximum Gasteiger partial charge on any atom is 0.396 e. The predicted molar refractivity (Wildman–Crippen MR) is 57.9 cm³/mol. The fraction of sp³-hybridized carbons (Fsp3) is 0.500. The molecule has 7 heteroatoms. The number of halogens is 5. The van der Waals surface area contributed by atoms with E-state index in [0.29, 0.717) is 0 Å². The lowest BCUT2D eigenvalue weighted by Crippen LogP contribution is -2.37. The average molecular weight is 284 g/mol. The summed E-state index contributed by atoms with van der Waals surface area (Å²) in [5, 5.41) is 9.78. The number of ether oxygens (including phenoxy) is 1. The van der Waals surface area contributed by atoms with Gasteiger partial charge in [-0.25, -0.2) is 0 Å². The van der Waals surface area contributed by atoms with Crippen molar-refractivity contribution >= 4 is 0 Å². The van der Waals surface area contributed by atoms with E-state index in [9.17, 15) is 27.1 Å². The van der Waals surface area contributed by atoms with E-state index in [1.54, 1.807) is 0 Å². The summed E-state index contributed by atoms with van der Waals surface area (Å²) in [6, 6.07) is 4.59. The molecule has 0 bridgehead atoms. The van der Waals surface area contributed by atoms with Gasteiger partial charge in [0.15, 0.2) is 0 Å². The Hall–Kier alpha value is -1.37. The number of rotatable bonds is 4. The van der Waals surface area contributed by atoms with E-state index in [2.05, 4.69) is 4.74 Å². The van der Waals surface area contributed by atoms with Crippen molar-refractivity contribution in [3.63, 3.8) is 0 Å². The van der Waals surface area contributed by atoms with Gasteiger partial charge in [0.25, 0.3) is 0 Å². The molecule has 0 aliphatic rings. The summed E-state index contributed by atoms with van der Waals surface area (Å²) in [6.45, 7) is -1.42. The van der Waals surface area contributed by atoms with Crippen molar-refractivity contribution in [2.75, 3.05) is 0 Å². The van der Waals surface area contributed by atoms with Crippen LogP contribution in [0.3, 0.4) is 0 Å². The van der Waals surface area contributed by atoms with E-state index in [4.69, 9.17) is 0 Å². The van der Waals surface area contributed by atoms with Gasteiger partial charge in [-0.1, -0.05) is 12.1 Å². The molecule has 0 saturated carbocycles. The maximum absolute atomic E-state index is 12.8. The lowest BCUT2D eigenvalue weighted by atomic mass is 9.82. The Bertz CT molecular complexity index is 428. The molecular formula is C12H13F5O2. The normalized spacial score (nSPS) is 14.6. The molecule has 0 unspecified atom stereocenters. The smallest absolute Gasteiger partial charge is 0.396 e. The van der Waals surface area contributed by atoms with E-state index >= 15 is 0 Å². The van der Waals surface area contributed by atoms with Gasteiger partial charge in [-0.3, -0.25) is 0 Å². The monoisotopic (exact) mass is 284 g/mol. The molecule has 0 heterocycles. The van der Waals surface area contributed by atoms with Crippen molar-refractivity contribution in [3.05, 3.63) is 29.8 Å². The van der Waals surface area contributed by atoms with Crippen molar-refractivity contribution in [2.45, 2.75) is 32.7 Å². The molecule has 1 atom stereocenters. The van der Waals surface area contributed by atoms with Gasteiger partial charge >= 0.3 is 12.8 Å². The minimum atomic E-state index is -4.63. The third-order valence-electron chi connectivity index (χ3n) is 2.81. The Kier molecular flexibility index (Phi) is 4.39. The lowest BCUT2D eigenvalue weighted by molar-refractivity contribution is -0.243. The Labute approximate surface area is 106 Å². The summed E-state index contributed by atoms with van der Waals surface area (Å²) in [7, 11) is 0. The van der Waals surface area contributed by atoms with Crippen molar-refractivity contribution in [3.8, 4) is 5.75 Å². The number of aliphatic hydroxyl groups is 1. The molecule has 0 radical (unpaired) electrons. The Morgan fingerprint density at radius 3 is 2.21 bits per heavy atom. The molecule has 0 fully saturated rings. The van der Waals surface area contributed by atoms with Crippen LogP contribution in [0, 0.1) is 5.41 Å². The molecule has 1 aromatic carbocycles. The van der Waals surface area contributed by atoms with Gasteiger partial charge in [0, 0.05) is 0 Å². The first kappa shape index (κ1) is 15.7. The molecule has 1 N–H and O–H groups in total. The van der Waals surface area contributed by atoms with Crippen LogP contribution in [0.15, 0.2) is 24.3 Å². The van der Waals surface area contributed by atoms with E-state index < -0.39 is 24.3 Å². The molecule has 0 saturated heterocycles. The molecule has 108 valence electrons. The number of alkyl halides is 5.